The Morgan fingerprint density at radius 3 is 2.30 bits per heavy atom. The van der Waals surface area contributed by atoms with Gasteiger partial charge in [0.05, 0.1) is 30.2 Å². The quantitative estimate of drug-likeness (QED) is 0.827. The second kappa shape index (κ2) is 6.45. The summed E-state index contributed by atoms with van der Waals surface area (Å²) in [7, 11) is 3.01. The average Bonchev–Trinajstić information content (AvgIpc) is 2.37. The van der Waals surface area contributed by atoms with E-state index < -0.39 is 17.5 Å². The maximum atomic E-state index is 11.1. The number of hydrogen-bond donors (Lipinski definition) is 2. The first kappa shape index (κ1) is 16.8. The Labute approximate surface area is 126 Å². The van der Waals surface area contributed by atoms with Gasteiger partial charge in [-0.3, -0.25) is 4.79 Å². The van der Waals surface area contributed by atoms with Gasteiger partial charge in [0.1, 0.15) is 11.5 Å². The fourth-order valence-electron chi connectivity index (χ4n) is 1.83. The highest BCUT2D eigenvalue weighted by molar-refractivity contribution is 9.10. The lowest BCUT2D eigenvalue weighted by Gasteiger charge is -2.24. The van der Waals surface area contributed by atoms with Crippen LogP contribution in [-0.4, -0.2) is 30.4 Å². The number of aliphatic hydroxyl groups excluding tert-OH is 1. The van der Waals surface area contributed by atoms with E-state index in [1.807, 2.05) is 0 Å². The summed E-state index contributed by atoms with van der Waals surface area (Å²) < 4.78 is 11.1. The standard InChI is InChI=1S/C14H19BrO5/c1-14(2,13(17)18)7-10(16)8-5-12(20-4)9(15)6-11(8)19-3/h5-6,10,16H,7H2,1-4H3,(H,17,18). The molecule has 0 saturated carbocycles. The minimum Gasteiger partial charge on any atom is -0.496 e. The number of carboxylic acid groups (broad SMARTS) is 1. The average molecular weight is 347 g/mol. The molecule has 2 N–H and O–H groups in total. The highest BCUT2D eigenvalue weighted by Gasteiger charge is 2.32. The van der Waals surface area contributed by atoms with Crippen molar-refractivity contribution < 1.29 is 24.5 Å². The van der Waals surface area contributed by atoms with Crippen LogP contribution in [0.2, 0.25) is 0 Å². The van der Waals surface area contributed by atoms with Crippen LogP contribution >= 0.6 is 15.9 Å². The van der Waals surface area contributed by atoms with Crippen molar-refractivity contribution in [3.63, 3.8) is 0 Å². The number of aliphatic hydroxyl groups is 1. The minimum atomic E-state index is -1.04. The summed E-state index contributed by atoms with van der Waals surface area (Å²) in [6.45, 7) is 3.14. The highest BCUT2D eigenvalue weighted by atomic mass is 79.9. The van der Waals surface area contributed by atoms with Gasteiger partial charge in [0, 0.05) is 5.56 Å². The normalized spacial score (nSPS) is 12.9. The van der Waals surface area contributed by atoms with Crippen molar-refractivity contribution in [1.29, 1.82) is 0 Å². The largest absolute Gasteiger partial charge is 0.496 e. The number of ether oxygens (including phenoxy) is 2. The predicted molar refractivity (Wildman–Crippen MR) is 78.2 cm³/mol. The summed E-state index contributed by atoms with van der Waals surface area (Å²) in [5.74, 6) is 0.0685. The van der Waals surface area contributed by atoms with Crippen molar-refractivity contribution in [1.82, 2.24) is 0 Å². The van der Waals surface area contributed by atoms with E-state index >= 15 is 0 Å². The number of hydrogen-bond acceptors (Lipinski definition) is 4. The third-order valence-corrected chi connectivity index (χ3v) is 3.77. The Morgan fingerprint density at radius 1 is 1.30 bits per heavy atom. The van der Waals surface area contributed by atoms with Crippen molar-refractivity contribution in [2.45, 2.75) is 26.4 Å². The van der Waals surface area contributed by atoms with Crippen LogP contribution in [0.3, 0.4) is 0 Å². The van der Waals surface area contributed by atoms with Gasteiger partial charge in [-0.2, -0.15) is 0 Å². The van der Waals surface area contributed by atoms with Crippen LogP contribution in [0.15, 0.2) is 16.6 Å². The van der Waals surface area contributed by atoms with Gasteiger partial charge in [-0.05, 0) is 48.3 Å². The van der Waals surface area contributed by atoms with E-state index in [1.165, 1.54) is 14.2 Å². The molecule has 0 amide bonds. The molecule has 1 rings (SSSR count). The number of benzene rings is 1. The summed E-state index contributed by atoms with van der Waals surface area (Å²) in [4.78, 5) is 11.1. The van der Waals surface area contributed by atoms with Crippen LogP contribution < -0.4 is 9.47 Å². The molecule has 0 aliphatic heterocycles. The Morgan fingerprint density at radius 2 is 1.85 bits per heavy atom. The van der Waals surface area contributed by atoms with E-state index in [0.717, 1.165) is 0 Å². The maximum absolute atomic E-state index is 11.1. The van der Waals surface area contributed by atoms with Crippen LogP contribution in [0.25, 0.3) is 0 Å². The fourth-order valence-corrected chi connectivity index (χ4v) is 2.31. The fraction of sp³-hybridized carbons (Fsp3) is 0.500. The zero-order chi connectivity index (χ0) is 15.5. The minimum absolute atomic E-state index is 0.0729. The van der Waals surface area contributed by atoms with E-state index in [-0.39, 0.29) is 6.42 Å². The third kappa shape index (κ3) is 3.64. The zero-order valence-corrected chi connectivity index (χ0v) is 13.5. The number of rotatable bonds is 6. The monoisotopic (exact) mass is 346 g/mol. The van der Waals surface area contributed by atoms with Crippen LogP contribution in [0.4, 0.5) is 0 Å². The van der Waals surface area contributed by atoms with Crippen LogP contribution in [0.1, 0.15) is 31.9 Å². The van der Waals surface area contributed by atoms with Crippen LogP contribution in [-0.2, 0) is 4.79 Å². The Kier molecular flexibility index (Phi) is 5.42. The molecule has 1 aromatic rings. The molecule has 1 unspecified atom stereocenters. The van der Waals surface area contributed by atoms with Gasteiger partial charge in [0.2, 0.25) is 0 Å². The second-order valence-electron chi connectivity index (χ2n) is 5.14. The van der Waals surface area contributed by atoms with Gasteiger partial charge in [-0.15, -0.1) is 0 Å². The lowest BCUT2D eigenvalue weighted by Crippen LogP contribution is -2.26. The number of carboxylic acids is 1. The maximum Gasteiger partial charge on any atom is 0.309 e. The highest BCUT2D eigenvalue weighted by Crippen LogP contribution is 2.39. The molecule has 5 nitrogen and oxygen atoms in total. The van der Waals surface area contributed by atoms with E-state index in [0.29, 0.717) is 21.5 Å². The zero-order valence-electron chi connectivity index (χ0n) is 11.9. The number of aliphatic carboxylic acids is 1. The molecule has 0 heterocycles. The van der Waals surface area contributed by atoms with E-state index in [4.69, 9.17) is 14.6 Å². The Bertz CT molecular complexity index is 499. The molecule has 0 aromatic heterocycles. The Balaban J connectivity index is 3.14. The lowest BCUT2D eigenvalue weighted by atomic mass is 9.84. The molecule has 0 spiro atoms. The molecular weight excluding hydrogens is 328 g/mol. The van der Waals surface area contributed by atoms with Crippen LogP contribution in [0.5, 0.6) is 11.5 Å². The van der Waals surface area contributed by atoms with Gasteiger partial charge < -0.3 is 19.7 Å². The van der Waals surface area contributed by atoms with Gasteiger partial charge >= 0.3 is 5.97 Å². The lowest BCUT2D eigenvalue weighted by molar-refractivity contribution is -0.148. The molecular formula is C14H19BrO5. The van der Waals surface area contributed by atoms with Gasteiger partial charge in [-0.25, -0.2) is 0 Å². The summed E-state index contributed by atoms with van der Waals surface area (Å²) in [5, 5.41) is 19.4. The molecule has 0 aliphatic carbocycles. The molecule has 0 bridgehead atoms. The molecule has 6 heteroatoms. The smallest absolute Gasteiger partial charge is 0.309 e. The molecule has 0 saturated heterocycles. The topological polar surface area (TPSA) is 76.0 Å². The second-order valence-corrected chi connectivity index (χ2v) is 5.99. The molecule has 20 heavy (non-hydrogen) atoms. The molecule has 112 valence electrons. The molecule has 0 radical (unpaired) electrons. The molecule has 1 atom stereocenters. The molecule has 0 fully saturated rings. The van der Waals surface area contributed by atoms with E-state index in [1.54, 1.807) is 26.0 Å². The first-order chi connectivity index (χ1) is 9.22. The van der Waals surface area contributed by atoms with Gasteiger partial charge in [-0.1, -0.05) is 0 Å². The van der Waals surface area contributed by atoms with Gasteiger partial charge in [0.15, 0.2) is 0 Å². The summed E-state index contributed by atoms with van der Waals surface area (Å²) in [6.07, 6.45) is -0.887. The molecule has 0 aliphatic rings. The van der Waals surface area contributed by atoms with Crippen LogP contribution in [0, 0.1) is 5.41 Å². The van der Waals surface area contributed by atoms with E-state index in [2.05, 4.69) is 15.9 Å². The van der Waals surface area contributed by atoms with E-state index in [9.17, 15) is 9.90 Å². The summed E-state index contributed by atoms with van der Waals surface area (Å²) in [6, 6.07) is 3.33. The van der Waals surface area contributed by atoms with Crippen molar-refractivity contribution in [3.8, 4) is 11.5 Å². The molecule has 1 aromatic carbocycles. The summed E-state index contributed by atoms with van der Waals surface area (Å²) in [5.41, 5.74) is -0.535. The Hall–Kier alpha value is -1.27. The number of carbonyl (C=O) groups is 1. The van der Waals surface area contributed by atoms with Crippen molar-refractivity contribution in [2.75, 3.05) is 14.2 Å². The van der Waals surface area contributed by atoms with Gasteiger partial charge in [0.25, 0.3) is 0 Å². The predicted octanol–water partition coefficient (Wildman–Crippen LogP) is 3.00. The van der Waals surface area contributed by atoms with Crippen molar-refractivity contribution >= 4 is 21.9 Å². The summed E-state index contributed by atoms with van der Waals surface area (Å²) >= 11 is 3.34. The van der Waals surface area contributed by atoms with Crippen molar-refractivity contribution in [3.05, 3.63) is 22.2 Å². The first-order valence-electron chi connectivity index (χ1n) is 6.05. The third-order valence-electron chi connectivity index (χ3n) is 3.15. The SMILES string of the molecule is COc1cc(C(O)CC(C)(C)C(=O)O)c(OC)cc1Br. The number of halogens is 1. The first-order valence-corrected chi connectivity index (χ1v) is 6.85. The number of methoxy groups -OCH3 is 2. The van der Waals surface area contributed by atoms with Crippen molar-refractivity contribution in [2.24, 2.45) is 5.41 Å².